The van der Waals surface area contributed by atoms with Crippen LogP contribution in [0, 0.1) is 12.7 Å². The standard InChI is InChI=1S/C15H19FN2/c1-10-13(11-6-8-12(16)9-7-11)17-18(5)14(10)15(2,3)4/h6-9H,1-5H3. The van der Waals surface area contributed by atoms with Crippen molar-refractivity contribution in [1.82, 2.24) is 9.78 Å². The predicted molar refractivity (Wildman–Crippen MR) is 72.0 cm³/mol. The summed E-state index contributed by atoms with van der Waals surface area (Å²) in [4.78, 5) is 0. The van der Waals surface area contributed by atoms with Crippen molar-refractivity contribution in [1.29, 1.82) is 0 Å². The van der Waals surface area contributed by atoms with Gasteiger partial charge in [0.15, 0.2) is 0 Å². The van der Waals surface area contributed by atoms with Gasteiger partial charge >= 0.3 is 0 Å². The van der Waals surface area contributed by atoms with E-state index in [4.69, 9.17) is 0 Å². The zero-order chi connectivity index (χ0) is 13.5. The molecule has 3 heteroatoms. The summed E-state index contributed by atoms with van der Waals surface area (Å²) in [5.41, 5.74) is 4.31. The molecule has 2 aromatic rings. The van der Waals surface area contributed by atoms with E-state index in [-0.39, 0.29) is 11.2 Å². The molecule has 0 saturated carbocycles. The summed E-state index contributed by atoms with van der Waals surface area (Å²) in [6.45, 7) is 8.59. The van der Waals surface area contributed by atoms with Crippen molar-refractivity contribution in [3.63, 3.8) is 0 Å². The summed E-state index contributed by atoms with van der Waals surface area (Å²) >= 11 is 0. The quantitative estimate of drug-likeness (QED) is 0.747. The molecule has 0 atom stereocenters. The third-order valence-electron chi connectivity index (χ3n) is 3.11. The average Bonchev–Trinajstić information content (AvgIpc) is 2.54. The molecule has 0 fully saturated rings. The van der Waals surface area contributed by atoms with Crippen molar-refractivity contribution in [2.24, 2.45) is 7.05 Å². The Labute approximate surface area is 107 Å². The van der Waals surface area contributed by atoms with Gasteiger partial charge in [-0.1, -0.05) is 20.8 Å². The molecule has 0 amide bonds. The highest BCUT2D eigenvalue weighted by Gasteiger charge is 2.24. The third kappa shape index (κ3) is 2.17. The first-order valence-electron chi connectivity index (χ1n) is 6.10. The highest BCUT2D eigenvalue weighted by Crippen LogP contribution is 2.31. The van der Waals surface area contributed by atoms with E-state index in [0.29, 0.717) is 0 Å². The van der Waals surface area contributed by atoms with Gasteiger partial charge in [-0.2, -0.15) is 5.10 Å². The van der Waals surface area contributed by atoms with E-state index in [9.17, 15) is 4.39 Å². The van der Waals surface area contributed by atoms with Gasteiger partial charge in [0.25, 0.3) is 0 Å². The molecule has 1 aromatic carbocycles. The molecule has 0 aliphatic rings. The van der Waals surface area contributed by atoms with Gasteiger partial charge in [-0.25, -0.2) is 4.39 Å². The molecular formula is C15H19FN2. The SMILES string of the molecule is Cc1c(-c2ccc(F)cc2)nn(C)c1C(C)(C)C. The highest BCUT2D eigenvalue weighted by molar-refractivity contribution is 5.64. The zero-order valence-electron chi connectivity index (χ0n) is 11.6. The predicted octanol–water partition coefficient (Wildman–Crippen LogP) is 3.83. The molecule has 2 nitrogen and oxygen atoms in total. The highest BCUT2D eigenvalue weighted by atomic mass is 19.1. The number of aryl methyl sites for hydroxylation is 1. The second-order valence-electron chi connectivity index (χ2n) is 5.70. The number of hydrogen-bond acceptors (Lipinski definition) is 1. The topological polar surface area (TPSA) is 17.8 Å². The van der Waals surface area contributed by atoms with Crippen molar-refractivity contribution < 1.29 is 4.39 Å². The van der Waals surface area contributed by atoms with Crippen LogP contribution in [0.15, 0.2) is 24.3 Å². The first-order valence-corrected chi connectivity index (χ1v) is 6.10. The fourth-order valence-electron chi connectivity index (χ4n) is 2.56. The Bertz CT molecular complexity index is 559. The van der Waals surface area contributed by atoms with Crippen LogP contribution in [-0.2, 0) is 12.5 Å². The lowest BCUT2D eigenvalue weighted by Gasteiger charge is -2.20. The number of nitrogens with zero attached hydrogens (tertiary/aromatic N) is 2. The molecule has 1 heterocycles. The maximum absolute atomic E-state index is 13.0. The lowest BCUT2D eigenvalue weighted by atomic mass is 9.88. The van der Waals surface area contributed by atoms with E-state index < -0.39 is 0 Å². The smallest absolute Gasteiger partial charge is 0.123 e. The minimum Gasteiger partial charge on any atom is -0.271 e. The lowest BCUT2D eigenvalue weighted by Crippen LogP contribution is -2.17. The third-order valence-corrected chi connectivity index (χ3v) is 3.11. The minimum atomic E-state index is -0.219. The van der Waals surface area contributed by atoms with Crippen molar-refractivity contribution in [2.45, 2.75) is 33.1 Å². The van der Waals surface area contributed by atoms with Crippen LogP contribution >= 0.6 is 0 Å². The molecule has 0 spiro atoms. The number of benzene rings is 1. The van der Waals surface area contributed by atoms with E-state index in [1.807, 2.05) is 11.7 Å². The zero-order valence-corrected chi connectivity index (χ0v) is 11.6. The molecule has 0 bridgehead atoms. The van der Waals surface area contributed by atoms with Gasteiger partial charge in [0.2, 0.25) is 0 Å². The molecule has 0 radical (unpaired) electrons. The second-order valence-corrected chi connectivity index (χ2v) is 5.70. The number of rotatable bonds is 1. The monoisotopic (exact) mass is 246 g/mol. The Hall–Kier alpha value is -1.64. The van der Waals surface area contributed by atoms with Gasteiger partial charge in [0, 0.05) is 23.7 Å². The van der Waals surface area contributed by atoms with Crippen molar-refractivity contribution >= 4 is 0 Å². The fraction of sp³-hybridized carbons (Fsp3) is 0.400. The molecular weight excluding hydrogens is 227 g/mol. The van der Waals surface area contributed by atoms with Crippen LogP contribution in [0.4, 0.5) is 4.39 Å². The van der Waals surface area contributed by atoms with Crippen molar-refractivity contribution in [3.05, 3.63) is 41.3 Å². The Balaban J connectivity index is 2.57. The number of aromatic nitrogens is 2. The molecule has 2 rings (SSSR count). The largest absolute Gasteiger partial charge is 0.271 e. The number of halogens is 1. The van der Waals surface area contributed by atoms with E-state index >= 15 is 0 Å². The molecule has 0 aliphatic carbocycles. The van der Waals surface area contributed by atoms with Gasteiger partial charge in [0.1, 0.15) is 5.82 Å². The van der Waals surface area contributed by atoms with Crippen LogP contribution in [-0.4, -0.2) is 9.78 Å². The molecule has 0 N–H and O–H groups in total. The molecule has 0 aliphatic heterocycles. The van der Waals surface area contributed by atoms with Crippen LogP contribution in [0.1, 0.15) is 32.0 Å². The molecule has 96 valence electrons. The summed E-state index contributed by atoms with van der Waals surface area (Å²) in [5, 5.41) is 4.57. The van der Waals surface area contributed by atoms with Crippen LogP contribution in [0.2, 0.25) is 0 Å². The Morgan fingerprint density at radius 3 is 2.11 bits per heavy atom. The van der Waals surface area contributed by atoms with Crippen LogP contribution < -0.4 is 0 Å². The maximum atomic E-state index is 13.0. The first kappa shape index (κ1) is 12.8. The van der Waals surface area contributed by atoms with Gasteiger partial charge in [-0.15, -0.1) is 0 Å². The summed E-state index contributed by atoms with van der Waals surface area (Å²) in [5.74, 6) is -0.219. The van der Waals surface area contributed by atoms with Crippen LogP contribution in [0.25, 0.3) is 11.3 Å². The summed E-state index contributed by atoms with van der Waals surface area (Å²) in [6, 6.07) is 6.49. The summed E-state index contributed by atoms with van der Waals surface area (Å²) in [6.07, 6.45) is 0. The van der Waals surface area contributed by atoms with Crippen molar-refractivity contribution in [3.8, 4) is 11.3 Å². The Morgan fingerprint density at radius 2 is 1.67 bits per heavy atom. The Kier molecular flexibility index (Phi) is 3.01. The van der Waals surface area contributed by atoms with E-state index in [1.165, 1.54) is 17.8 Å². The summed E-state index contributed by atoms with van der Waals surface area (Å²) < 4.78 is 14.9. The van der Waals surface area contributed by atoms with E-state index in [0.717, 1.165) is 16.8 Å². The first-order chi connectivity index (χ1) is 8.30. The van der Waals surface area contributed by atoms with Crippen LogP contribution in [0.5, 0.6) is 0 Å². The molecule has 0 saturated heterocycles. The van der Waals surface area contributed by atoms with Gasteiger partial charge < -0.3 is 0 Å². The van der Waals surface area contributed by atoms with Gasteiger partial charge in [-0.3, -0.25) is 4.68 Å². The van der Waals surface area contributed by atoms with Gasteiger partial charge in [0.05, 0.1) is 5.69 Å². The molecule has 18 heavy (non-hydrogen) atoms. The van der Waals surface area contributed by atoms with Crippen molar-refractivity contribution in [2.75, 3.05) is 0 Å². The average molecular weight is 246 g/mol. The van der Waals surface area contributed by atoms with E-state index in [2.05, 4.69) is 32.8 Å². The van der Waals surface area contributed by atoms with Gasteiger partial charge in [-0.05, 0) is 36.8 Å². The fourth-order valence-corrected chi connectivity index (χ4v) is 2.56. The molecule has 0 unspecified atom stereocenters. The molecule has 1 aromatic heterocycles. The normalized spacial score (nSPS) is 11.9. The minimum absolute atomic E-state index is 0.0457. The lowest BCUT2D eigenvalue weighted by molar-refractivity contribution is 0.520. The van der Waals surface area contributed by atoms with Crippen LogP contribution in [0.3, 0.4) is 0 Å². The number of hydrogen-bond donors (Lipinski definition) is 0. The maximum Gasteiger partial charge on any atom is 0.123 e. The summed E-state index contributed by atoms with van der Waals surface area (Å²) in [7, 11) is 1.96. The second kappa shape index (κ2) is 4.23. The van der Waals surface area contributed by atoms with E-state index in [1.54, 1.807) is 12.1 Å². The Morgan fingerprint density at radius 1 is 1.11 bits per heavy atom.